The molecule has 3 aromatic rings. The molecule has 0 bridgehead atoms. The second-order valence-corrected chi connectivity index (χ2v) is 7.97. The van der Waals surface area contributed by atoms with Crippen LogP contribution >= 0.6 is 0 Å². The van der Waals surface area contributed by atoms with Crippen LogP contribution in [0.25, 0.3) is 11.3 Å². The summed E-state index contributed by atoms with van der Waals surface area (Å²) in [6.07, 6.45) is 4.22. The van der Waals surface area contributed by atoms with Crippen molar-refractivity contribution >= 4 is 5.91 Å². The molecule has 7 heteroatoms. The van der Waals surface area contributed by atoms with Crippen LogP contribution in [0.4, 0.5) is 0 Å². The average Bonchev–Trinajstić information content (AvgIpc) is 3.22. The Kier molecular flexibility index (Phi) is 5.61. The van der Waals surface area contributed by atoms with Gasteiger partial charge in [0, 0.05) is 24.8 Å². The van der Waals surface area contributed by atoms with Gasteiger partial charge in [0.15, 0.2) is 0 Å². The fourth-order valence-electron chi connectivity index (χ4n) is 4.38. The molecule has 3 heterocycles. The van der Waals surface area contributed by atoms with Gasteiger partial charge in [-0.2, -0.15) is 10.2 Å². The smallest absolute Gasteiger partial charge is 0.272 e. The Labute approximate surface area is 177 Å². The summed E-state index contributed by atoms with van der Waals surface area (Å²) in [5, 5.41) is 11.9. The van der Waals surface area contributed by atoms with Crippen LogP contribution < -0.4 is 4.74 Å². The van der Waals surface area contributed by atoms with E-state index in [0.29, 0.717) is 5.69 Å². The number of carbonyl (C=O) groups is 1. The number of aryl methyl sites for hydroxylation is 2. The van der Waals surface area contributed by atoms with Crippen molar-refractivity contribution in [3.05, 3.63) is 53.0 Å². The van der Waals surface area contributed by atoms with Gasteiger partial charge in [-0.15, -0.1) is 0 Å². The number of rotatable bonds is 4. The first kappa shape index (κ1) is 20.2. The van der Waals surface area contributed by atoms with Crippen LogP contribution in [0.15, 0.2) is 30.3 Å². The Balaban J connectivity index is 1.63. The minimum atomic E-state index is -0.00401. The predicted octanol–water partition coefficient (Wildman–Crippen LogP) is 4.19. The van der Waals surface area contributed by atoms with Crippen molar-refractivity contribution in [1.82, 2.24) is 24.9 Å². The fraction of sp³-hybridized carbons (Fsp3) is 0.435. The lowest BCUT2D eigenvalue weighted by Crippen LogP contribution is -2.35. The van der Waals surface area contributed by atoms with Crippen molar-refractivity contribution in [2.24, 2.45) is 7.05 Å². The molecule has 1 unspecified atom stereocenters. The van der Waals surface area contributed by atoms with Gasteiger partial charge in [-0.25, -0.2) is 0 Å². The molecule has 30 heavy (non-hydrogen) atoms. The van der Waals surface area contributed by atoms with Crippen molar-refractivity contribution in [3.63, 3.8) is 0 Å². The van der Waals surface area contributed by atoms with Crippen LogP contribution in [0.3, 0.4) is 0 Å². The van der Waals surface area contributed by atoms with E-state index in [2.05, 4.69) is 27.4 Å². The molecule has 1 atom stereocenters. The van der Waals surface area contributed by atoms with Crippen LogP contribution in [0.2, 0.25) is 0 Å². The lowest BCUT2D eigenvalue weighted by atomic mass is 10.00. The highest BCUT2D eigenvalue weighted by atomic mass is 16.5. The summed E-state index contributed by atoms with van der Waals surface area (Å²) in [7, 11) is 3.58. The van der Waals surface area contributed by atoms with Crippen molar-refractivity contribution in [1.29, 1.82) is 0 Å². The number of benzene rings is 1. The van der Waals surface area contributed by atoms with Crippen LogP contribution in [-0.2, 0) is 7.05 Å². The largest absolute Gasteiger partial charge is 0.497 e. The Morgan fingerprint density at radius 3 is 2.60 bits per heavy atom. The lowest BCUT2D eigenvalue weighted by Gasteiger charge is -2.30. The molecule has 0 radical (unpaired) electrons. The van der Waals surface area contributed by atoms with Gasteiger partial charge < -0.3 is 9.64 Å². The monoisotopic (exact) mass is 407 g/mol. The Morgan fingerprint density at radius 2 is 1.93 bits per heavy atom. The number of nitrogens with zero attached hydrogens (tertiary/aromatic N) is 4. The molecule has 1 N–H and O–H groups in total. The van der Waals surface area contributed by atoms with E-state index in [1.54, 1.807) is 7.11 Å². The van der Waals surface area contributed by atoms with Crippen molar-refractivity contribution in [3.8, 4) is 17.0 Å². The van der Waals surface area contributed by atoms with E-state index in [4.69, 9.17) is 4.74 Å². The number of likely N-dealkylation sites (tertiary alicyclic amines) is 1. The number of carbonyl (C=O) groups excluding carboxylic acids is 1. The van der Waals surface area contributed by atoms with Gasteiger partial charge in [-0.1, -0.05) is 25.0 Å². The molecule has 1 amide bonds. The number of amides is 1. The first-order valence-corrected chi connectivity index (χ1v) is 10.5. The Hall–Kier alpha value is -3.09. The third-order valence-electron chi connectivity index (χ3n) is 6.09. The lowest BCUT2D eigenvalue weighted by molar-refractivity contribution is 0.0674. The molecule has 0 saturated carbocycles. The standard InChI is InChI=1S/C23H29N5O2/c1-15-22(16(2)27(3)26-15)19-14-20(25-24-19)23(29)28-13-7-5-6-8-21(28)17-9-11-18(30-4)12-10-17/h9-12,14,21H,5-8,13H2,1-4H3,(H,24,25). The number of aromatic nitrogens is 4. The molecular weight excluding hydrogens is 378 g/mol. The maximum atomic E-state index is 13.5. The van der Waals surface area contributed by atoms with Gasteiger partial charge in [-0.3, -0.25) is 14.6 Å². The van der Waals surface area contributed by atoms with E-state index in [-0.39, 0.29) is 11.9 Å². The summed E-state index contributed by atoms with van der Waals surface area (Å²) >= 11 is 0. The number of methoxy groups -OCH3 is 1. The van der Waals surface area contributed by atoms with E-state index >= 15 is 0 Å². The zero-order valence-corrected chi connectivity index (χ0v) is 18.1. The molecule has 1 aliphatic heterocycles. The quantitative estimate of drug-likeness (QED) is 0.703. The molecule has 1 aliphatic rings. The highest BCUT2D eigenvalue weighted by molar-refractivity contribution is 5.94. The van der Waals surface area contributed by atoms with Gasteiger partial charge in [0.2, 0.25) is 0 Å². The Morgan fingerprint density at radius 1 is 1.17 bits per heavy atom. The van der Waals surface area contributed by atoms with Crippen molar-refractivity contribution in [2.75, 3.05) is 13.7 Å². The van der Waals surface area contributed by atoms with Gasteiger partial charge >= 0.3 is 0 Å². The SMILES string of the molecule is COc1ccc(C2CCCCCN2C(=O)c2cc(-c3c(C)nn(C)c3C)n[nH]2)cc1. The summed E-state index contributed by atoms with van der Waals surface area (Å²) in [4.78, 5) is 15.5. The second kappa shape index (κ2) is 8.34. The molecule has 0 aliphatic carbocycles. The zero-order valence-electron chi connectivity index (χ0n) is 18.1. The maximum absolute atomic E-state index is 13.5. The van der Waals surface area contributed by atoms with Gasteiger partial charge in [0.25, 0.3) is 5.91 Å². The fourth-order valence-corrected chi connectivity index (χ4v) is 4.38. The summed E-state index contributed by atoms with van der Waals surface area (Å²) in [5.74, 6) is 0.821. The molecular formula is C23H29N5O2. The van der Waals surface area contributed by atoms with E-state index in [9.17, 15) is 4.79 Å². The number of nitrogens with one attached hydrogen (secondary N) is 1. The number of ether oxygens (including phenoxy) is 1. The minimum Gasteiger partial charge on any atom is -0.497 e. The third-order valence-corrected chi connectivity index (χ3v) is 6.09. The zero-order chi connectivity index (χ0) is 21.3. The molecule has 1 fully saturated rings. The minimum absolute atomic E-state index is 0.00401. The summed E-state index contributed by atoms with van der Waals surface area (Å²) in [5.41, 5.74) is 5.35. The first-order chi connectivity index (χ1) is 14.5. The van der Waals surface area contributed by atoms with E-state index in [1.807, 2.05) is 48.7 Å². The number of hydrogen-bond acceptors (Lipinski definition) is 4. The molecule has 158 valence electrons. The molecule has 0 spiro atoms. The number of H-pyrrole nitrogens is 1. The summed E-state index contributed by atoms with van der Waals surface area (Å²) in [6.45, 7) is 4.72. The molecule has 4 rings (SSSR count). The summed E-state index contributed by atoms with van der Waals surface area (Å²) < 4.78 is 7.13. The van der Waals surface area contributed by atoms with Gasteiger partial charge in [-0.05, 0) is 50.5 Å². The second-order valence-electron chi connectivity index (χ2n) is 7.97. The topological polar surface area (TPSA) is 76.0 Å². The molecule has 2 aromatic heterocycles. The number of hydrogen-bond donors (Lipinski definition) is 1. The first-order valence-electron chi connectivity index (χ1n) is 10.5. The van der Waals surface area contributed by atoms with Gasteiger partial charge in [0.05, 0.1) is 24.5 Å². The van der Waals surface area contributed by atoms with E-state index < -0.39 is 0 Å². The van der Waals surface area contributed by atoms with Crippen LogP contribution in [-0.4, -0.2) is 44.4 Å². The van der Waals surface area contributed by atoms with Crippen molar-refractivity contribution < 1.29 is 9.53 Å². The maximum Gasteiger partial charge on any atom is 0.272 e. The van der Waals surface area contributed by atoms with E-state index in [0.717, 1.165) is 66.2 Å². The summed E-state index contributed by atoms with van der Waals surface area (Å²) in [6, 6.07) is 9.97. The van der Waals surface area contributed by atoms with Crippen molar-refractivity contribution in [2.45, 2.75) is 45.6 Å². The highest BCUT2D eigenvalue weighted by Crippen LogP contribution is 2.33. The molecule has 7 nitrogen and oxygen atoms in total. The van der Waals surface area contributed by atoms with Gasteiger partial charge in [0.1, 0.15) is 11.4 Å². The van der Waals surface area contributed by atoms with Crippen LogP contribution in [0.1, 0.15) is 59.2 Å². The molecule has 1 aromatic carbocycles. The Bertz CT molecular complexity index is 1030. The molecule has 1 saturated heterocycles. The average molecular weight is 408 g/mol. The third kappa shape index (κ3) is 3.72. The number of aromatic amines is 1. The predicted molar refractivity (Wildman–Crippen MR) is 116 cm³/mol. The normalized spacial score (nSPS) is 17.1. The van der Waals surface area contributed by atoms with Crippen LogP contribution in [0.5, 0.6) is 5.75 Å². The van der Waals surface area contributed by atoms with E-state index in [1.165, 1.54) is 0 Å². The highest BCUT2D eigenvalue weighted by Gasteiger charge is 2.29. The van der Waals surface area contributed by atoms with Crippen LogP contribution in [0, 0.1) is 13.8 Å².